The summed E-state index contributed by atoms with van der Waals surface area (Å²) in [5, 5.41) is 11.9. The van der Waals surface area contributed by atoms with Crippen LogP contribution in [0.2, 0.25) is 0 Å². The highest BCUT2D eigenvalue weighted by Gasteiger charge is 2.38. The SMILES string of the molecule is CC1CC(Nc2ccc3cn[nH]c3c2)CN1C1CC1. The third-order valence-electron chi connectivity index (χ3n) is 4.45. The van der Waals surface area contributed by atoms with E-state index in [0.717, 1.165) is 17.6 Å². The topological polar surface area (TPSA) is 44.0 Å². The van der Waals surface area contributed by atoms with Crippen molar-refractivity contribution in [2.45, 2.75) is 44.3 Å². The molecule has 4 nitrogen and oxygen atoms in total. The van der Waals surface area contributed by atoms with Crippen molar-refractivity contribution >= 4 is 16.6 Å². The molecular formula is C15H20N4. The summed E-state index contributed by atoms with van der Waals surface area (Å²) in [4.78, 5) is 2.67. The number of aromatic nitrogens is 2. The lowest BCUT2D eigenvalue weighted by molar-refractivity contribution is 0.257. The molecule has 0 radical (unpaired) electrons. The molecular weight excluding hydrogens is 236 g/mol. The summed E-state index contributed by atoms with van der Waals surface area (Å²) in [5.41, 5.74) is 2.31. The Hall–Kier alpha value is -1.55. The maximum absolute atomic E-state index is 4.07. The van der Waals surface area contributed by atoms with Gasteiger partial charge in [0.25, 0.3) is 0 Å². The van der Waals surface area contributed by atoms with Crippen LogP contribution in [0.25, 0.3) is 10.9 Å². The second-order valence-corrected chi connectivity index (χ2v) is 6.03. The molecule has 2 heterocycles. The number of nitrogens with one attached hydrogen (secondary N) is 2. The van der Waals surface area contributed by atoms with E-state index in [0.29, 0.717) is 6.04 Å². The molecule has 0 bridgehead atoms. The minimum atomic E-state index is 0.580. The van der Waals surface area contributed by atoms with E-state index in [2.05, 4.69) is 45.5 Å². The molecule has 1 aromatic carbocycles. The minimum Gasteiger partial charge on any atom is -0.381 e. The number of anilines is 1. The molecule has 1 aromatic heterocycles. The van der Waals surface area contributed by atoms with Crippen LogP contribution in [0.3, 0.4) is 0 Å². The number of rotatable bonds is 3. The maximum atomic E-state index is 4.07. The third kappa shape index (κ3) is 2.10. The normalized spacial score (nSPS) is 28.1. The molecule has 2 aliphatic rings. The van der Waals surface area contributed by atoms with Crippen LogP contribution >= 0.6 is 0 Å². The number of H-pyrrole nitrogens is 1. The molecule has 2 N–H and O–H groups in total. The molecule has 4 heteroatoms. The summed E-state index contributed by atoms with van der Waals surface area (Å²) in [6, 6.07) is 8.61. The van der Waals surface area contributed by atoms with Crippen LogP contribution in [0.1, 0.15) is 26.2 Å². The molecule has 2 aromatic rings. The number of hydrogen-bond donors (Lipinski definition) is 2. The molecule has 2 fully saturated rings. The number of likely N-dealkylation sites (tertiary alicyclic amines) is 1. The van der Waals surface area contributed by atoms with Gasteiger partial charge >= 0.3 is 0 Å². The fraction of sp³-hybridized carbons (Fsp3) is 0.533. The third-order valence-corrected chi connectivity index (χ3v) is 4.45. The van der Waals surface area contributed by atoms with Crippen LogP contribution in [0.5, 0.6) is 0 Å². The van der Waals surface area contributed by atoms with Crippen molar-refractivity contribution in [1.82, 2.24) is 15.1 Å². The largest absolute Gasteiger partial charge is 0.381 e. The first-order chi connectivity index (χ1) is 9.29. The molecule has 100 valence electrons. The van der Waals surface area contributed by atoms with Gasteiger partial charge in [0.1, 0.15) is 0 Å². The quantitative estimate of drug-likeness (QED) is 0.887. The number of benzene rings is 1. The van der Waals surface area contributed by atoms with E-state index in [1.807, 2.05) is 6.20 Å². The first kappa shape index (κ1) is 11.3. The van der Waals surface area contributed by atoms with Crippen LogP contribution in [0, 0.1) is 0 Å². The molecule has 0 spiro atoms. The molecule has 0 amide bonds. The Kier molecular flexibility index (Phi) is 2.52. The molecule has 2 unspecified atom stereocenters. The fourth-order valence-electron chi connectivity index (χ4n) is 3.34. The molecule has 1 saturated heterocycles. The van der Waals surface area contributed by atoms with E-state index < -0.39 is 0 Å². The van der Waals surface area contributed by atoms with Gasteiger partial charge in [-0.3, -0.25) is 10.00 Å². The van der Waals surface area contributed by atoms with Gasteiger partial charge in [0.05, 0.1) is 11.7 Å². The summed E-state index contributed by atoms with van der Waals surface area (Å²) < 4.78 is 0. The van der Waals surface area contributed by atoms with Crippen LogP contribution in [0.15, 0.2) is 24.4 Å². The average Bonchev–Trinajstić information content (AvgIpc) is 3.02. The molecule has 1 aliphatic heterocycles. The Morgan fingerprint density at radius 1 is 1.37 bits per heavy atom. The van der Waals surface area contributed by atoms with Gasteiger partial charge in [-0.2, -0.15) is 5.10 Å². The van der Waals surface area contributed by atoms with Gasteiger partial charge in [-0.1, -0.05) is 0 Å². The van der Waals surface area contributed by atoms with Gasteiger partial charge in [0.2, 0.25) is 0 Å². The number of hydrogen-bond acceptors (Lipinski definition) is 3. The Balaban J connectivity index is 1.48. The highest BCUT2D eigenvalue weighted by atomic mass is 15.3. The van der Waals surface area contributed by atoms with Crippen molar-refractivity contribution in [2.75, 3.05) is 11.9 Å². The Morgan fingerprint density at radius 2 is 2.26 bits per heavy atom. The van der Waals surface area contributed by atoms with Gasteiger partial charge in [0.15, 0.2) is 0 Å². The highest BCUT2D eigenvalue weighted by molar-refractivity contribution is 5.81. The number of fused-ring (bicyclic) bond motifs is 1. The highest BCUT2D eigenvalue weighted by Crippen LogP contribution is 2.34. The molecule has 1 aliphatic carbocycles. The number of aromatic amines is 1. The van der Waals surface area contributed by atoms with E-state index >= 15 is 0 Å². The van der Waals surface area contributed by atoms with Crippen molar-refractivity contribution in [3.05, 3.63) is 24.4 Å². The zero-order chi connectivity index (χ0) is 12.8. The first-order valence-electron chi connectivity index (χ1n) is 7.25. The lowest BCUT2D eigenvalue weighted by Crippen LogP contribution is -2.30. The standard InChI is InChI=1S/C15H20N4/c1-10-6-13(9-19(10)14-4-5-14)17-12-3-2-11-8-16-18-15(11)7-12/h2-3,7-8,10,13-14,17H,4-6,9H2,1H3,(H,16,18). The van der Waals surface area contributed by atoms with Crippen LogP contribution in [-0.2, 0) is 0 Å². The Labute approximate surface area is 113 Å². The summed E-state index contributed by atoms with van der Waals surface area (Å²) >= 11 is 0. The summed E-state index contributed by atoms with van der Waals surface area (Å²) in [7, 11) is 0. The predicted octanol–water partition coefficient (Wildman–Crippen LogP) is 2.60. The van der Waals surface area contributed by atoms with Gasteiger partial charge in [0, 0.05) is 35.7 Å². The Morgan fingerprint density at radius 3 is 3.11 bits per heavy atom. The second kappa shape index (κ2) is 4.23. The van der Waals surface area contributed by atoms with E-state index in [-0.39, 0.29) is 0 Å². The lowest BCUT2D eigenvalue weighted by atomic mass is 10.1. The smallest absolute Gasteiger partial charge is 0.0670 e. The Bertz CT molecular complexity index is 587. The summed E-state index contributed by atoms with van der Waals surface area (Å²) in [5.74, 6) is 0. The van der Waals surface area contributed by atoms with Gasteiger partial charge < -0.3 is 5.32 Å². The number of nitrogens with zero attached hydrogens (tertiary/aromatic N) is 2. The van der Waals surface area contributed by atoms with E-state index in [1.165, 1.54) is 36.9 Å². The maximum Gasteiger partial charge on any atom is 0.0670 e. The van der Waals surface area contributed by atoms with E-state index in [1.54, 1.807) is 0 Å². The average molecular weight is 256 g/mol. The predicted molar refractivity (Wildman–Crippen MR) is 77.3 cm³/mol. The monoisotopic (exact) mass is 256 g/mol. The van der Waals surface area contributed by atoms with Crippen LogP contribution in [-0.4, -0.2) is 39.8 Å². The van der Waals surface area contributed by atoms with Crippen molar-refractivity contribution < 1.29 is 0 Å². The molecule has 1 saturated carbocycles. The van der Waals surface area contributed by atoms with Crippen molar-refractivity contribution in [3.63, 3.8) is 0 Å². The van der Waals surface area contributed by atoms with Crippen LogP contribution < -0.4 is 5.32 Å². The minimum absolute atomic E-state index is 0.580. The van der Waals surface area contributed by atoms with E-state index in [9.17, 15) is 0 Å². The van der Waals surface area contributed by atoms with Crippen LogP contribution in [0.4, 0.5) is 5.69 Å². The first-order valence-corrected chi connectivity index (χ1v) is 7.25. The van der Waals surface area contributed by atoms with Gasteiger partial charge in [-0.25, -0.2) is 0 Å². The van der Waals surface area contributed by atoms with Gasteiger partial charge in [-0.05, 0) is 44.4 Å². The zero-order valence-corrected chi connectivity index (χ0v) is 11.3. The van der Waals surface area contributed by atoms with E-state index in [4.69, 9.17) is 0 Å². The molecule has 19 heavy (non-hydrogen) atoms. The van der Waals surface area contributed by atoms with Gasteiger partial charge in [-0.15, -0.1) is 0 Å². The second-order valence-electron chi connectivity index (χ2n) is 6.03. The van der Waals surface area contributed by atoms with Crippen molar-refractivity contribution in [2.24, 2.45) is 0 Å². The summed E-state index contributed by atoms with van der Waals surface area (Å²) in [6.07, 6.45) is 5.91. The van der Waals surface area contributed by atoms with Crippen molar-refractivity contribution in [1.29, 1.82) is 0 Å². The fourth-order valence-corrected chi connectivity index (χ4v) is 3.34. The zero-order valence-electron chi connectivity index (χ0n) is 11.3. The lowest BCUT2D eigenvalue weighted by Gasteiger charge is -2.20. The van der Waals surface area contributed by atoms with Crippen molar-refractivity contribution in [3.8, 4) is 0 Å². The molecule has 2 atom stereocenters. The molecule has 4 rings (SSSR count). The summed E-state index contributed by atoms with van der Waals surface area (Å²) in [6.45, 7) is 3.55.